The number of hydrazone groups is 1. The van der Waals surface area contributed by atoms with Gasteiger partial charge in [0.1, 0.15) is 11.3 Å². The van der Waals surface area contributed by atoms with E-state index in [1.54, 1.807) is 4.40 Å². The summed E-state index contributed by atoms with van der Waals surface area (Å²) in [6.45, 7) is 7.03. The zero-order chi connectivity index (χ0) is 19.5. The van der Waals surface area contributed by atoms with E-state index in [1.165, 1.54) is 5.69 Å². The summed E-state index contributed by atoms with van der Waals surface area (Å²) < 4.78 is 7.17. The molecule has 1 saturated heterocycles. The van der Waals surface area contributed by atoms with E-state index in [1.807, 2.05) is 50.4 Å². The number of ether oxygens (including phenoxy) is 1. The van der Waals surface area contributed by atoms with Crippen molar-refractivity contribution in [2.24, 2.45) is 5.10 Å². The number of fused-ring (bicyclic) bond motifs is 1. The van der Waals surface area contributed by atoms with E-state index in [4.69, 9.17) is 4.74 Å². The van der Waals surface area contributed by atoms with Crippen molar-refractivity contribution < 1.29 is 9.53 Å². The number of carbonyl (C=O) groups excluding carboxylic acids is 1. The molecule has 1 aliphatic rings. The summed E-state index contributed by atoms with van der Waals surface area (Å²) in [5.41, 5.74) is 7.44. The van der Waals surface area contributed by atoms with Crippen LogP contribution >= 0.6 is 0 Å². The van der Waals surface area contributed by atoms with E-state index in [2.05, 4.69) is 32.5 Å². The molecule has 3 aromatic rings. The summed E-state index contributed by atoms with van der Waals surface area (Å²) in [6, 6.07) is 13.8. The van der Waals surface area contributed by atoms with Gasteiger partial charge in [-0.1, -0.05) is 18.2 Å². The van der Waals surface area contributed by atoms with Gasteiger partial charge in [-0.2, -0.15) is 5.10 Å². The van der Waals surface area contributed by atoms with Gasteiger partial charge in [-0.25, -0.2) is 10.4 Å². The molecule has 4 rings (SSSR count). The molecule has 7 nitrogen and oxygen atoms in total. The Morgan fingerprint density at radius 1 is 1.14 bits per heavy atom. The van der Waals surface area contributed by atoms with Crippen molar-refractivity contribution in [3.63, 3.8) is 0 Å². The van der Waals surface area contributed by atoms with Gasteiger partial charge in [0.2, 0.25) is 0 Å². The number of aromatic nitrogens is 2. The van der Waals surface area contributed by atoms with E-state index >= 15 is 0 Å². The first kappa shape index (κ1) is 18.2. The third-order valence-electron chi connectivity index (χ3n) is 4.91. The second kappa shape index (κ2) is 7.82. The number of morpholine rings is 1. The van der Waals surface area contributed by atoms with Gasteiger partial charge in [-0.05, 0) is 43.7 Å². The van der Waals surface area contributed by atoms with Gasteiger partial charge in [0.25, 0.3) is 5.91 Å². The highest BCUT2D eigenvalue weighted by atomic mass is 16.5. The number of rotatable bonds is 4. The lowest BCUT2D eigenvalue weighted by Gasteiger charge is -2.28. The number of aryl methyl sites for hydroxylation is 1. The highest BCUT2D eigenvalue weighted by Crippen LogP contribution is 2.17. The van der Waals surface area contributed by atoms with E-state index in [0.29, 0.717) is 11.4 Å². The van der Waals surface area contributed by atoms with Crippen LogP contribution in [0.1, 0.15) is 28.7 Å². The van der Waals surface area contributed by atoms with Gasteiger partial charge < -0.3 is 9.64 Å². The first-order valence-corrected chi connectivity index (χ1v) is 9.35. The Bertz CT molecular complexity index is 1020. The lowest BCUT2D eigenvalue weighted by molar-refractivity contribution is 0.0948. The molecule has 0 unspecified atom stereocenters. The molecule has 2 aromatic heterocycles. The van der Waals surface area contributed by atoms with Crippen LogP contribution < -0.4 is 10.3 Å². The number of hydrogen-bond donors (Lipinski definition) is 1. The van der Waals surface area contributed by atoms with E-state index in [0.717, 1.165) is 43.2 Å². The number of carbonyl (C=O) groups is 1. The van der Waals surface area contributed by atoms with Crippen LogP contribution in [0.3, 0.4) is 0 Å². The summed E-state index contributed by atoms with van der Waals surface area (Å²) in [7, 11) is 0. The van der Waals surface area contributed by atoms with Crippen molar-refractivity contribution in [3.8, 4) is 0 Å². The number of imidazole rings is 1. The minimum atomic E-state index is -0.277. The van der Waals surface area contributed by atoms with E-state index in [-0.39, 0.29) is 5.91 Å². The SMILES string of the molecule is C/C(=N\NC(=O)c1c(C)nc2ccccn12)c1ccc(N2CCOCC2)cc1. The third-order valence-corrected chi connectivity index (χ3v) is 4.91. The quantitative estimate of drug-likeness (QED) is 0.560. The van der Waals surface area contributed by atoms with Gasteiger partial charge in [0.15, 0.2) is 0 Å². The first-order valence-electron chi connectivity index (χ1n) is 9.35. The summed E-state index contributed by atoms with van der Waals surface area (Å²) in [5, 5.41) is 4.28. The van der Waals surface area contributed by atoms with Gasteiger partial charge >= 0.3 is 0 Å². The van der Waals surface area contributed by atoms with Crippen molar-refractivity contribution in [2.75, 3.05) is 31.2 Å². The van der Waals surface area contributed by atoms with Crippen molar-refractivity contribution in [1.29, 1.82) is 0 Å². The maximum absolute atomic E-state index is 12.6. The van der Waals surface area contributed by atoms with E-state index in [9.17, 15) is 4.79 Å². The maximum Gasteiger partial charge on any atom is 0.290 e. The Labute approximate surface area is 163 Å². The molecular formula is C21H23N5O2. The Balaban J connectivity index is 1.48. The van der Waals surface area contributed by atoms with Crippen LogP contribution in [0.4, 0.5) is 5.69 Å². The highest BCUT2D eigenvalue weighted by Gasteiger charge is 2.16. The zero-order valence-corrected chi connectivity index (χ0v) is 16.1. The molecule has 0 bridgehead atoms. The van der Waals surface area contributed by atoms with Crippen molar-refractivity contribution in [1.82, 2.24) is 14.8 Å². The average Bonchev–Trinajstić information content (AvgIpc) is 3.08. The predicted molar refractivity (Wildman–Crippen MR) is 109 cm³/mol. The zero-order valence-electron chi connectivity index (χ0n) is 16.1. The number of pyridine rings is 1. The fraction of sp³-hybridized carbons (Fsp3) is 0.286. The normalized spacial score (nSPS) is 15.1. The number of anilines is 1. The summed E-state index contributed by atoms with van der Waals surface area (Å²) >= 11 is 0. The molecule has 0 saturated carbocycles. The number of hydrogen-bond acceptors (Lipinski definition) is 5. The molecular weight excluding hydrogens is 354 g/mol. The molecule has 0 spiro atoms. The lowest BCUT2D eigenvalue weighted by Crippen LogP contribution is -2.36. The molecule has 0 atom stereocenters. The van der Waals surface area contributed by atoms with Crippen LogP contribution in [0.25, 0.3) is 5.65 Å². The van der Waals surface area contributed by atoms with E-state index < -0.39 is 0 Å². The molecule has 28 heavy (non-hydrogen) atoms. The van der Waals surface area contributed by atoms with Crippen molar-refractivity contribution in [2.45, 2.75) is 13.8 Å². The maximum atomic E-state index is 12.6. The van der Waals surface area contributed by atoms with Gasteiger partial charge in [-0.3, -0.25) is 9.20 Å². The second-order valence-corrected chi connectivity index (χ2v) is 6.76. The molecule has 1 fully saturated rings. The summed E-state index contributed by atoms with van der Waals surface area (Å²) in [5.74, 6) is -0.277. The molecule has 144 valence electrons. The predicted octanol–water partition coefficient (Wildman–Crippen LogP) is 2.63. The van der Waals surface area contributed by atoms with Crippen LogP contribution in [0.2, 0.25) is 0 Å². The Hall–Kier alpha value is -3.19. The van der Waals surface area contributed by atoms with Crippen molar-refractivity contribution in [3.05, 3.63) is 65.6 Å². The minimum absolute atomic E-state index is 0.277. The minimum Gasteiger partial charge on any atom is -0.378 e. The Morgan fingerprint density at radius 3 is 2.64 bits per heavy atom. The molecule has 3 heterocycles. The summed E-state index contributed by atoms with van der Waals surface area (Å²) in [6.07, 6.45) is 1.82. The highest BCUT2D eigenvalue weighted by molar-refractivity contribution is 6.01. The molecule has 1 N–H and O–H groups in total. The van der Waals surface area contributed by atoms with Gasteiger partial charge in [0.05, 0.1) is 24.6 Å². The topological polar surface area (TPSA) is 71.2 Å². The van der Waals surface area contributed by atoms with Crippen molar-refractivity contribution >= 4 is 23.0 Å². The molecule has 0 radical (unpaired) electrons. The molecule has 1 aliphatic heterocycles. The van der Waals surface area contributed by atoms with Crippen LogP contribution in [-0.4, -0.2) is 47.3 Å². The Kier molecular flexibility index (Phi) is 5.08. The van der Waals surface area contributed by atoms with Crippen LogP contribution in [0.5, 0.6) is 0 Å². The Morgan fingerprint density at radius 2 is 1.89 bits per heavy atom. The second-order valence-electron chi connectivity index (χ2n) is 6.76. The van der Waals surface area contributed by atoms with Gasteiger partial charge in [0, 0.05) is 25.0 Å². The fourth-order valence-electron chi connectivity index (χ4n) is 3.37. The molecule has 1 amide bonds. The standard InChI is InChI=1S/C21H23N5O2/c1-15(17-6-8-18(9-7-17)25-11-13-28-14-12-25)23-24-21(27)20-16(2)22-19-5-3-4-10-26(19)20/h3-10H,11-14H2,1-2H3,(H,24,27)/b23-15+. The largest absolute Gasteiger partial charge is 0.378 e. The lowest BCUT2D eigenvalue weighted by atomic mass is 10.1. The number of nitrogens with zero attached hydrogens (tertiary/aromatic N) is 4. The first-order chi connectivity index (χ1) is 13.6. The third kappa shape index (κ3) is 3.61. The van der Waals surface area contributed by atoms with Gasteiger partial charge in [-0.15, -0.1) is 0 Å². The number of benzene rings is 1. The monoisotopic (exact) mass is 377 g/mol. The number of nitrogens with one attached hydrogen (secondary N) is 1. The smallest absolute Gasteiger partial charge is 0.290 e. The fourth-order valence-corrected chi connectivity index (χ4v) is 3.37. The molecule has 0 aliphatic carbocycles. The van der Waals surface area contributed by atoms with Crippen LogP contribution in [-0.2, 0) is 4.74 Å². The number of amides is 1. The molecule has 7 heteroatoms. The average molecular weight is 377 g/mol. The molecule has 1 aromatic carbocycles. The van der Waals surface area contributed by atoms with Crippen LogP contribution in [0.15, 0.2) is 53.8 Å². The van der Waals surface area contributed by atoms with Crippen LogP contribution in [0, 0.1) is 6.92 Å². The summed E-state index contributed by atoms with van der Waals surface area (Å²) in [4.78, 5) is 19.4.